The number of nitrogens with zero attached hydrogens (tertiary/aromatic N) is 1. The second-order valence-corrected chi connectivity index (χ2v) is 4.03. The number of aryl methyl sites for hydroxylation is 1. The zero-order valence-electron chi connectivity index (χ0n) is 7.76. The third-order valence-electron chi connectivity index (χ3n) is 1.93. The first-order valence-electron chi connectivity index (χ1n) is 3.92. The standard InChI is InChI=1S/C10H8INO2/c1-5-3-7(6(2)13)10(14)9(11)8(5)4-12/h3,14H,1-2H3. The van der Waals surface area contributed by atoms with E-state index in [0.717, 1.165) is 0 Å². The molecule has 1 rings (SSSR count). The van der Waals surface area contributed by atoms with Crippen molar-refractivity contribution in [3.63, 3.8) is 0 Å². The first kappa shape index (κ1) is 11.0. The van der Waals surface area contributed by atoms with Crippen LogP contribution in [-0.4, -0.2) is 10.9 Å². The molecule has 0 radical (unpaired) electrons. The van der Waals surface area contributed by atoms with Gasteiger partial charge in [0, 0.05) is 0 Å². The predicted octanol–water partition coefficient (Wildman–Crippen LogP) is 2.38. The van der Waals surface area contributed by atoms with E-state index in [2.05, 4.69) is 0 Å². The molecule has 0 aliphatic rings. The number of benzene rings is 1. The van der Waals surface area contributed by atoms with Crippen molar-refractivity contribution < 1.29 is 9.90 Å². The molecule has 0 fully saturated rings. The van der Waals surface area contributed by atoms with Crippen molar-refractivity contribution in [3.05, 3.63) is 26.3 Å². The van der Waals surface area contributed by atoms with Gasteiger partial charge in [-0.05, 0) is 48.1 Å². The van der Waals surface area contributed by atoms with Crippen molar-refractivity contribution in [1.82, 2.24) is 0 Å². The van der Waals surface area contributed by atoms with Gasteiger partial charge in [0.2, 0.25) is 0 Å². The molecule has 4 heteroatoms. The molecule has 1 aromatic carbocycles. The van der Waals surface area contributed by atoms with Gasteiger partial charge in [-0.2, -0.15) is 5.26 Å². The summed E-state index contributed by atoms with van der Waals surface area (Å²) < 4.78 is 0.440. The molecular weight excluding hydrogens is 293 g/mol. The molecule has 0 spiro atoms. The van der Waals surface area contributed by atoms with Gasteiger partial charge in [-0.25, -0.2) is 0 Å². The van der Waals surface area contributed by atoms with Crippen LogP contribution in [0.15, 0.2) is 6.07 Å². The topological polar surface area (TPSA) is 61.1 Å². The molecule has 0 aliphatic heterocycles. The van der Waals surface area contributed by atoms with Gasteiger partial charge in [0.1, 0.15) is 11.8 Å². The number of hydrogen-bond acceptors (Lipinski definition) is 3. The van der Waals surface area contributed by atoms with Gasteiger partial charge in [-0.15, -0.1) is 0 Å². The lowest BCUT2D eigenvalue weighted by Gasteiger charge is -2.07. The molecule has 0 aliphatic carbocycles. The summed E-state index contributed by atoms with van der Waals surface area (Å²) in [5.41, 5.74) is 1.40. The van der Waals surface area contributed by atoms with Crippen LogP contribution in [0, 0.1) is 21.8 Å². The molecule has 1 N–H and O–H groups in total. The molecule has 0 bridgehead atoms. The van der Waals surface area contributed by atoms with Gasteiger partial charge in [-0.3, -0.25) is 4.79 Å². The fourth-order valence-electron chi connectivity index (χ4n) is 1.17. The first-order valence-corrected chi connectivity index (χ1v) is 5.00. The SMILES string of the molecule is CC(=O)c1cc(C)c(C#N)c(I)c1O. The Hall–Kier alpha value is -1.09. The number of ketones is 1. The van der Waals surface area contributed by atoms with Gasteiger partial charge < -0.3 is 5.11 Å². The van der Waals surface area contributed by atoms with E-state index < -0.39 is 0 Å². The van der Waals surface area contributed by atoms with Crippen LogP contribution >= 0.6 is 22.6 Å². The van der Waals surface area contributed by atoms with Crippen LogP contribution in [0.2, 0.25) is 0 Å². The van der Waals surface area contributed by atoms with Gasteiger partial charge in [0.25, 0.3) is 0 Å². The van der Waals surface area contributed by atoms with Crippen molar-refractivity contribution in [2.45, 2.75) is 13.8 Å². The smallest absolute Gasteiger partial charge is 0.163 e. The van der Waals surface area contributed by atoms with Crippen molar-refractivity contribution in [1.29, 1.82) is 5.26 Å². The Morgan fingerprint density at radius 3 is 2.64 bits per heavy atom. The molecule has 0 amide bonds. The summed E-state index contributed by atoms with van der Waals surface area (Å²) in [7, 11) is 0. The summed E-state index contributed by atoms with van der Waals surface area (Å²) >= 11 is 1.86. The molecule has 0 unspecified atom stereocenters. The highest BCUT2D eigenvalue weighted by Crippen LogP contribution is 2.30. The van der Waals surface area contributed by atoms with E-state index in [1.54, 1.807) is 13.0 Å². The van der Waals surface area contributed by atoms with E-state index in [1.807, 2.05) is 28.7 Å². The Morgan fingerprint density at radius 1 is 1.64 bits per heavy atom. The number of aromatic hydroxyl groups is 1. The van der Waals surface area contributed by atoms with Crippen LogP contribution in [0.25, 0.3) is 0 Å². The maximum absolute atomic E-state index is 11.1. The van der Waals surface area contributed by atoms with Crippen molar-refractivity contribution in [2.75, 3.05) is 0 Å². The van der Waals surface area contributed by atoms with Crippen LogP contribution in [0.3, 0.4) is 0 Å². The Morgan fingerprint density at radius 2 is 2.21 bits per heavy atom. The summed E-state index contributed by atoms with van der Waals surface area (Å²) in [6.07, 6.45) is 0. The van der Waals surface area contributed by atoms with E-state index in [-0.39, 0.29) is 17.1 Å². The molecule has 0 aromatic heterocycles. The molecule has 0 saturated heterocycles. The van der Waals surface area contributed by atoms with Crippen LogP contribution < -0.4 is 0 Å². The average Bonchev–Trinajstić information content (AvgIpc) is 2.12. The summed E-state index contributed by atoms with van der Waals surface area (Å²) in [5.74, 6) is -0.298. The highest BCUT2D eigenvalue weighted by molar-refractivity contribution is 14.1. The van der Waals surface area contributed by atoms with Crippen molar-refractivity contribution >= 4 is 28.4 Å². The first-order chi connectivity index (χ1) is 6.49. The lowest BCUT2D eigenvalue weighted by atomic mass is 10.0. The fraction of sp³-hybridized carbons (Fsp3) is 0.200. The fourth-order valence-corrected chi connectivity index (χ4v) is 2.01. The number of carbonyl (C=O) groups excluding carboxylic acids is 1. The third kappa shape index (κ3) is 1.73. The largest absolute Gasteiger partial charge is 0.506 e. The normalized spacial score (nSPS) is 9.57. The number of phenols is 1. The molecule has 3 nitrogen and oxygen atoms in total. The average molecular weight is 301 g/mol. The van der Waals surface area contributed by atoms with Gasteiger partial charge in [0.05, 0.1) is 14.7 Å². The number of rotatable bonds is 1. The van der Waals surface area contributed by atoms with Crippen molar-refractivity contribution in [3.8, 4) is 11.8 Å². The van der Waals surface area contributed by atoms with Gasteiger partial charge in [-0.1, -0.05) is 0 Å². The lowest BCUT2D eigenvalue weighted by Crippen LogP contribution is -1.98. The maximum atomic E-state index is 11.1. The van der Waals surface area contributed by atoms with E-state index in [1.165, 1.54) is 6.92 Å². The minimum atomic E-state index is -0.201. The second kappa shape index (κ2) is 3.96. The minimum absolute atomic E-state index is 0.0970. The Labute approximate surface area is 95.5 Å². The van der Waals surface area contributed by atoms with E-state index >= 15 is 0 Å². The zero-order valence-corrected chi connectivity index (χ0v) is 9.92. The summed E-state index contributed by atoms with van der Waals surface area (Å²) in [6, 6.07) is 3.53. The van der Waals surface area contributed by atoms with E-state index in [9.17, 15) is 9.90 Å². The van der Waals surface area contributed by atoms with Crippen LogP contribution in [-0.2, 0) is 0 Å². The highest BCUT2D eigenvalue weighted by Gasteiger charge is 2.15. The monoisotopic (exact) mass is 301 g/mol. The van der Waals surface area contributed by atoms with Crippen LogP contribution in [0.4, 0.5) is 0 Å². The summed E-state index contributed by atoms with van der Waals surface area (Å²) in [4.78, 5) is 11.1. The van der Waals surface area contributed by atoms with E-state index in [4.69, 9.17) is 5.26 Å². The molecule has 14 heavy (non-hydrogen) atoms. The van der Waals surface area contributed by atoms with Crippen molar-refractivity contribution in [2.24, 2.45) is 0 Å². The molecule has 1 aromatic rings. The van der Waals surface area contributed by atoms with E-state index in [0.29, 0.717) is 14.7 Å². The van der Waals surface area contributed by atoms with Gasteiger partial charge in [0.15, 0.2) is 5.78 Å². The maximum Gasteiger partial charge on any atom is 0.163 e. The number of Topliss-reactive ketones (excluding diaryl/α,β-unsaturated/α-hetero) is 1. The molecule has 72 valence electrons. The number of nitriles is 1. The Bertz CT molecular complexity index is 446. The lowest BCUT2D eigenvalue weighted by molar-refractivity contribution is 0.101. The summed E-state index contributed by atoms with van der Waals surface area (Å²) in [5, 5.41) is 18.4. The zero-order chi connectivity index (χ0) is 10.9. The molecule has 0 atom stereocenters. The summed E-state index contributed by atoms with van der Waals surface area (Å²) in [6.45, 7) is 3.13. The number of halogens is 1. The predicted molar refractivity (Wildman–Crippen MR) is 60.3 cm³/mol. The van der Waals surface area contributed by atoms with Crippen LogP contribution in [0.5, 0.6) is 5.75 Å². The third-order valence-corrected chi connectivity index (χ3v) is 2.98. The second-order valence-electron chi connectivity index (χ2n) is 2.95. The van der Waals surface area contributed by atoms with Gasteiger partial charge >= 0.3 is 0 Å². The Kier molecular flexibility index (Phi) is 3.11. The molecule has 0 saturated carbocycles. The number of phenolic OH excluding ortho intramolecular Hbond substituents is 1. The molecule has 0 heterocycles. The highest BCUT2D eigenvalue weighted by atomic mass is 127. The minimum Gasteiger partial charge on any atom is -0.506 e. The Balaban J connectivity index is 3.58. The number of hydrogen-bond donors (Lipinski definition) is 1. The van der Waals surface area contributed by atoms with Crippen LogP contribution in [0.1, 0.15) is 28.4 Å². The quantitative estimate of drug-likeness (QED) is 0.640. The number of carbonyl (C=O) groups is 1. The molecular formula is C10H8INO2.